The molecule has 0 fully saturated rings. The third-order valence-corrected chi connectivity index (χ3v) is 23.1. The van der Waals surface area contributed by atoms with Gasteiger partial charge in [0, 0.05) is 35.0 Å². The van der Waals surface area contributed by atoms with Gasteiger partial charge in [0.25, 0.3) is 5.69 Å². The smallest absolute Gasteiger partial charge is 0.324 e. The molecule has 1 aromatic heterocycles. The maximum absolute atomic E-state index is 13.5. The number of nitro groups is 1. The van der Waals surface area contributed by atoms with E-state index in [1.54, 1.807) is 0 Å². The van der Waals surface area contributed by atoms with Crippen molar-refractivity contribution >= 4 is 48.9 Å². The molecule has 12 heteroatoms. The minimum absolute atomic E-state index is 0.0394. The van der Waals surface area contributed by atoms with E-state index in [0.717, 1.165) is 64.4 Å². The van der Waals surface area contributed by atoms with Crippen LogP contribution >= 0.6 is 0 Å². The number of ether oxygens (including phenoxy) is 1. The van der Waals surface area contributed by atoms with Gasteiger partial charge in [0.15, 0.2) is 8.24 Å². The molecule has 0 amide bonds. The lowest BCUT2D eigenvalue weighted by atomic mass is 10.0. The number of fused-ring (bicyclic) bond motifs is 1. The molecule has 0 saturated carbocycles. The lowest BCUT2D eigenvalue weighted by molar-refractivity contribution is -0.384. The third-order valence-electron chi connectivity index (χ3n) is 10.2. The average molecular weight is 698 g/mol. The Kier molecular flexibility index (Phi) is 12.5. The minimum Gasteiger partial charge on any atom is -0.468 e. The van der Waals surface area contributed by atoms with E-state index in [1.165, 1.54) is 7.11 Å². The van der Waals surface area contributed by atoms with Gasteiger partial charge in [-0.05, 0) is 70.8 Å². The summed E-state index contributed by atoms with van der Waals surface area (Å²) in [5, 5.41) is 12.1. The van der Waals surface area contributed by atoms with Crippen molar-refractivity contribution in [3.63, 3.8) is 0 Å². The van der Waals surface area contributed by atoms with E-state index >= 15 is 0 Å². The molecule has 1 atom stereocenters. The molecule has 0 aliphatic rings. The molecule has 0 aliphatic carbocycles. The van der Waals surface area contributed by atoms with Crippen LogP contribution in [0.2, 0.25) is 34.8 Å². The zero-order chi connectivity index (χ0) is 35.3. The first-order valence-electron chi connectivity index (χ1n) is 16.6. The van der Waals surface area contributed by atoms with Crippen molar-refractivity contribution in [1.29, 1.82) is 0 Å². The van der Waals surface area contributed by atoms with Crippen LogP contribution in [0.4, 0.5) is 5.69 Å². The van der Waals surface area contributed by atoms with Crippen LogP contribution in [-0.4, -0.2) is 53.0 Å². The summed E-state index contributed by atoms with van der Waals surface area (Å²) in [5.41, 5.74) is 7.41. The number of nitro benzene ring substituents is 1. The molecular weight excluding hydrogens is 647 g/mol. The summed E-state index contributed by atoms with van der Waals surface area (Å²) in [7, 11) is -7.08. The number of hydrogen-bond donors (Lipinski definition) is 1. The van der Waals surface area contributed by atoms with E-state index in [0.29, 0.717) is 16.6 Å². The number of carbonyl (C=O) groups excluding carboxylic acids is 1. The monoisotopic (exact) mass is 697 g/mol. The Labute approximate surface area is 282 Å². The predicted octanol–water partition coefficient (Wildman–Crippen LogP) is 8.03. The summed E-state index contributed by atoms with van der Waals surface area (Å²) in [5.74, 6) is 2.86. The second kappa shape index (κ2) is 15.3. The van der Waals surface area contributed by atoms with Crippen molar-refractivity contribution in [3.05, 3.63) is 69.9 Å². The van der Waals surface area contributed by atoms with Gasteiger partial charge < -0.3 is 8.97 Å². The quantitative estimate of drug-likeness (QED) is 0.0599. The van der Waals surface area contributed by atoms with Crippen molar-refractivity contribution in [2.45, 2.75) is 114 Å². The highest BCUT2D eigenvalue weighted by molar-refractivity contribution is 7.89. The molecule has 9 nitrogen and oxygen atoms in total. The number of nitrogens with zero attached hydrogens (tertiary/aromatic N) is 2. The fourth-order valence-corrected chi connectivity index (χ4v) is 17.8. The number of aromatic nitrogens is 1. The molecule has 1 heterocycles. The van der Waals surface area contributed by atoms with Crippen molar-refractivity contribution < 1.29 is 22.9 Å². The molecule has 1 N–H and O–H groups in total. The standard InChI is InChI=1S/C35H51N3O6SSi2/c1-11-46(12-2,13-3)22-21-28-15-14-16-33-34(28)29(24-37(33)47(25(4)5,26(6)7)27(8)9)23-32(35(39)44-10)36-45(42,43)31-19-17-30(18-20-31)38(40)41/h14-20,24-27,32,36H,11-13,23H2,1-10H3/t32-/m0/s1. The first-order valence-corrected chi connectivity index (χ1v) is 22.8. The summed E-state index contributed by atoms with van der Waals surface area (Å²) in [6.45, 7) is 20.4. The first-order chi connectivity index (χ1) is 22.0. The van der Waals surface area contributed by atoms with Gasteiger partial charge in [-0.1, -0.05) is 74.3 Å². The van der Waals surface area contributed by atoms with E-state index in [9.17, 15) is 23.3 Å². The van der Waals surface area contributed by atoms with Gasteiger partial charge in [-0.2, -0.15) is 4.72 Å². The Balaban J connectivity index is 2.32. The molecule has 3 rings (SSSR count). The SMILES string of the molecule is CC[Si](C#Cc1cccc2c1c(C[C@H](NS(=O)(=O)c1ccc([N+](=O)[O-])cc1)C(=O)OC)cn2[Si](C(C)C)(C(C)C)C(C)C)(CC)CC. The summed E-state index contributed by atoms with van der Waals surface area (Å²) in [6.07, 6.45) is 2.18. The van der Waals surface area contributed by atoms with Crippen molar-refractivity contribution in [2.24, 2.45) is 0 Å². The van der Waals surface area contributed by atoms with E-state index in [-0.39, 0.29) is 17.0 Å². The van der Waals surface area contributed by atoms with Gasteiger partial charge >= 0.3 is 5.97 Å². The van der Waals surface area contributed by atoms with E-state index in [4.69, 9.17) is 4.74 Å². The van der Waals surface area contributed by atoms with Gasteiger partial charge in [-0.25, -0.2) is 8.42 Å². The summed E-state index contributed by atoms with van der Waals surface area (Å²) < 4.78 is 37.1. The second-order valence-corrected chi connectivity index (χ2v) is 25.7. The topological polar surface area (TPSA) is 121 Å². The number of nitrogens with one attached hydrogen (secondary N) is 1. The van der Waals surface area contributed by atoms with Crippen LogP contribution in [0.15, 0.2) is 53.6 Å². The second-order valence-electron chi connectivity index (χ2n) is 13.3. The zero-order valence-corrected chi connectivity index (χ0v) is 32.3. The van der Waals surface area contributed by atoms with Gasteiger partial charge in [0.1, 0.15) is 14.1 Å². The molecule has 3 aromatic rings. The van der Waals surface area contributed by atoms with E-state index in [2.05, 4.69) is 101 Å². The molecule has 0 aliphatic heterocycles. The Hall–Kier alpha value is -3.25. The number of non-ortho nitro benzene ring substituents is 1. The van der Waals surface area contributed by atoms with Crippen LogP contribution < -0.4 is 4.72 Å². The Morgan fingerprint density at radius 3 is 1.98 bits per heavy atom. The van der Waals surface area contributed by atoms with Gasteiger partial charge in [0.05, 0.1) is 16.9 Å². The Morgan fingerprint density at radius 1 is 0.957 bits per heavy atom. The van der Waals surface area contributed by atoms with Crippen LogP contribution in [0, 0.1) is 21.6 Å². The van der Waals surface area contributed by atoms with Crippen LogP contribution in [0.3, 0.4) is 0 Å². The predicted molar refractivity (Wildman–Crippen MR) is 195 cm³/mol. The first kappa shape index (κ1) is 38.2. The van der Waals surface area contributed by atoms with Crippen LogP contribution in [-0.2, 0) is 26.0 Å². The van der Waals surface area contributed by atoms with Crippen molar-refractivity contribution in [3.8, 4) is 11.5 Å². The van der Waals surface area contributed by atoms with Crippen LogP contribution in [0.5, 0.6) is 0 Å². The number of methoxy groups -OCH3 is 1. The number of rotatable bonds is 14. The molecule has 0 unspecified atom stereocenters. The molecule has 2 aromatic carbocycles. The molecular formula is C35H51N3O6SSi2. The number of sulfonamides is 1. The van der Waals surface area contributed by atoms with E-state index < -0.39 is 43.3 Å². The number of esters is 1. The highest BCUT2D eigenvalue weighted by Crippen LogP contribution is 2.45. The summed E-state index contributed by atoms with van der Waals surface area (Å²) in [6, 6.07) is 12.7. The maximum Gasteiger partial charge on any atom is 0.324 e. The van der Waals surface area contributed by atoms with Gasteiger partial charge in [-0.3, -0.25) is 14.9 Å². The third kappa shape index (κ3) is 7.59. The zero-order valence-electron chi connectivity index (χ0n) is 29.5. The number of benzene rings is 2. The van der Waals surface area contributed by atoms with Crippen LogP contribution in [0.1, 0.15) is 73.4 Å². The van der Waals surface area contributed by atoms with Crippen LogP contribution in [0.25, 0.3) is 10.9 Å². The Bertz CT molecular complexity index is 1720. The highest BCUT2D eigenvalue weighted by Gasteiger charge is 2.46. The summed E-state index contributed by atoms with van der Waals surface area (Å²) in [4.78, 5) is 23.6. The number of carbonyl (C=O) groups is 1. The largest absolute Gasteiger partial charge is 0.468 e. The fourth-order valence-electron chi connectivity index (χ4n) is 7.53. The molecule has 47 heavy (non-hydrogen) atoms. The molecule has 256 valence electrons. The average Bonchev–Trinajstić information content (AvgIpc) is 3.39. The van der Waals surface area contributed by atoms with E-state index in [1.807, 2.05) is 6.07 Å². The maximum atomic E-state index is 13.5. The lowest BCUT2D eigenvalue weighted by Gasteiger charge is -2.44. The molecule has 0 spiro atoms. The summed E-state index contributed by atoms with van der Waals surface area (Å²) >= 11 is 0. The van der Waals surface area contributed by atoms with Gasteiger partial charge in [-0.15, -0.1) is 5.54 Å². The van der Waals surface area contributed by atoms with Crippen molar-refractivity contribution in [2.75, 3.05) is 7.11 Å². The molecule has 0 radical (unpaired) electrons. The molecule has 0 bridgehead atoms. The normalized spacial score (nSPS) is 13.2. The fraction of sp³-hybridized carbons (Fsp3) is 0.514. The highest BCUT2D eigenvalue weighted by atomic mass is 32.2. The molecule has 0 saturated heterocycles. The number of hydrogen-bond acceptors (Lipinski definition) is 6. The van der Waals surface area contributed by atoms with Gasteiger partial charge in [0.2, 0.25) is 10.0 Å². The Morgan fingerprint density at radius 2 is 1.51 bits per heavy atom. The minimum atomic E-state index is -4.24. The lowest BCUT2D eigenvalue weighted by Crippen LogP contribution is -2.51. The van der Waals surface area contributed by atoms with Crippen molar-refractivity contribution in [1.82, 2.24) is 8.95 Å².